The van der Waals surface area contributed by atoms with Gasteiger partial charge in [0.2, 0.25) is 11.6 Å². The molecule has 1 saturated heterocycles. The summed E-state index contributed by atoms with van der Waals surface area (Å²) in [5.74, 6) is 0.188. The SMILES string of the molecule is N#CCN(CC#N)c1ncnc(N2CCN(C(c3ccccc3)c3ccccc3)CC2)c1[N+](=O)[O-]. The summed E-state index contributed by atoms with van der Waals surface area (Å²) in [7, 11) is 0. The Morgan fingerprint density at radius 2 is 1.46 bits per heavy atom. The van der Waals surface area contributed by atoms with Crippen molar-refractivity contribution in [3.05, 3.63) is 88.2 Å². The molecule has 35 heavy (non-hydrogen) atoms. The van der Waals surface area contributed by atoms with E-state index in [9.17, 15) is 10.1 Å². The number of hydrogen-bond donors (Lipinski definition) is 0. The first-order chi connectivity index (χ1) is 17.1. The van der Waals surface area contributed by atoms with Gasteiger partial charge in [0.25, 0.3) is 0 Å². The number of piperazine rings is 1. The molecule has 4 rings (SSSR count). The first-order valence-corrected chi connectivity index (χ1v) is 11.2. The van der Waals surface area contributed by atoms with Gasteiger partial charge in [-0.25, -0.2) is 9.97 Å². The van der Waals surface area contributed by atoms with Crippen molar-refractivity contribution in [2.45, 2.75) is 6.04 Å². The van der Waals surface area contributed by atoms with E-state index in [1.165, 1.54) is 22.4 Å². The lowest BCUT2D eigenvalue weighted by molar-refractivity contribution is -0.383. The minimum atomic E-state index is -0.532. The van der Waals surface area contributed by atoms with Crippen LogP contribution in [0.1, 0.15) is 17.2 Å². The van der Waals surface area contributed by atoms with Crippen molar-refractivity contribution in [3.8, 4) is 12.1 Å². The Morgan fingerprint density at radius 1 is 0.914 bits per heavy atom. The normalized spacial score (nSPS) is 13.7. The van der Waals surface area contributed by atoms with Gasteiger partial charge in [0.15, 0.2) is 0 Å². The third-order valence-corrected chi connectivity index (χ3v) is 6.00. The highest BCUT2D eigenvalue weighted by Gasteiger charge is 2.33. The number of rotatable bonds is 8. The fraction of sp³-hybridized carbons (Fsp3) is 0.280. The van der Waals surface area contributed by atoms with Gasteiger partial charge in [-0.1, -0.05) is 60.7 Å². The first kappa shape index (κ1) is 23.6. The van der Waals surface area contributed by atoms with Crippen LogP contribution >= 0.6 is 0 Å². The zero-order chi connectivity index (χ0) is 24.6. The molecule has 0 N–H and O–H groups in total. The molecule has 176 valence electrons. The summed E-state index contributed by atoms with van der Waals surface area (Å²) in [5.41, 5.74) is 2.09. The third kappa shape index (κ3) is 5.18. The second-order valence-electron chi connectivity index (χ2n) is 8.05. The van der Waals surface area contributed by atoms with Gasteiger partial charge in [0, 0.05) is 26.2 Å². The number of nitro groups is 1. The summed E-state index contributed by atoms with van der Waals surface area (Å²) in [4.78, 5) is 25.3. The molecule has 0 bridgehead atoms. The first-order valence-electron chi connectivity index (χ1n) is 11.2. The van der Waals surface area contributed by atoms with Gasteiger partial charge in [-0.15, -0.1) is 0 Å². The van der Waals surface area contributed by atoms with Crippen LogP contribution < -0.4 is 9.80 Å². The van der Waals surface area contributed by atoms with Crippen LogP contribution in [0.2, 0.25) is 0 Å². The largest absolute Gasteiger partial charge is 0.353 e. The molecule has 2 heterocycles. The summed E-state index contributed by atoms with van der Waals surface area (Å²) in [6.07, 6.45) is 1.25. The molecule has 1 fully saturated rings. The van der Waals surface area contributed by atoms with Crippen LogP contribution in [0.3, 0.4) is 0 Å². The summed E-state index contributed by atoms with van der Waals surface area (Å²) in [6, 6.07) is 24.5. The molecule has 0 amide bonds. The van der Waals surface area contributed by atoms with Crippen LogP contribution in [0.5, 0.6) is 0 Å². The highest BCUT2D eigenvalue weighted by molar-refractivity contribution is 5.71. The smallest absolute Gasteiger partial charge is 0.348 e. The number of nitrogens with zero attached hydrogens (tertiary/aromatic N) is 8. The summed E-state index contributed by atoms with van der Waals surface area (Å²) in [6.45, 7) is 2.03. The molecule has 0 unspecified atom stereocenters. The van der Waals surface area contributed by atoms with E-state index < -0.39 is 4.92 Å². The third-order valence-electron chi connectivity index (χ3n) is 6.00. The topological polar surface area (TPSA) is 126 Å². The zero-order valence-corrected chi connectivity index (χ0v) is 19.1. The van der Waals surface area contributed by atoms with E-state index in [1.807, 2.05) is 53.4 Å². The lowest BCUT2D eigenvalue weighted by Crippen LogP contribution is -2.48. The molecule has 1 aromatic heterocycles. The summed E-state index contributed by atoms with van der Waals surface area (Å²) < 4.78 is 0. The molecule has 1 aliphatic heterocycles. The van der Waals surface area contributed by atoms with Crippen LogP contribution in [0.25, 0.3) is 0 Å². The molecule has 0 radical (unpaired) electrons. The molecule has 1 aliphatic rings. The Balaban J connectivity index is 1.61. The summed E-state index contributed by atoms with van der Waals surface area (Å²) >= 11 is 0. The fourth-order valence-corrected chi connectivity index (χ4v) is 4.44. The van der Waals surface area contributed by atoms with Crippen molar-refractivity contribution in [3.63, 3.8) is 0 Å². The van der Waals surface area contributed by atoms with Crippen molar-refractivity contribution < 1.29 is 4.92 Å². The Bertz CT molecular complexity index is 1180. The number of hydrogen-bond acceptors (Lipinski definition) is 9. The predicted octanol–water partition coefficient (Wildman–Crippen LogP) is 3.15. The monoisotopic (exact) mass is 468 g/mol. The average molecular weight is 469 g/mol. The van der Waals surface area contributed by atoms with Crippen molar-refractivity contribution >= 4 is 17.3 Å². The van der Waals surface area contributed by atoms with Crippen LogP contribution in [-0.4, -0.2) is 59.1 Å². The van der Waals surface area contributed by atoms with Gasteiger partial charge in [-0.3, -0.25) is 15.0 Å². The summed E-state index contributed by atoms with van der Waals surface area (Å²) in [5, 5.41) is 30.3. The molecule has 0 saturated carbocycles. The molecular weight excluding hydrogens is 444 g/mol. The maximum absolute atomic E-state index is 12.0. The van der Waals surface area contributed by atoms with Crippen molar-refractivity contribution in [1.29, 1.82) is 10.5 Å². The lowest BCUT2D eigenvalue weighted by atomic mass is 9.96. The van der Waals surface area contributed by atoms with Crippen molar-refractivity contribution in [2.24, 2.45) is 0 Å². The number of nitriles is 2. The van der Waals surface area contributed by atoms with Crippen molar-refractivity contribution in [2.75, 3.05) is 49.1 Å². The second kappa shape index (κ2) is 11.1. The van der Waals surface area contributed by atoms with Gasteiger partial charge >= 0.3 is 5.69 Å². The highest BCUT2D eigenvalue weighted by atomic mass is 16.6. The number of aromatic nitrogens is 2. The van der Waals surface area contributed by atoms with Gasteiger partial charge in [-0.2, -0.15) is 10.5 Å². The minimum absolute atomic E-state index is 0.0167. The fourth-order valence-electron chi connectivity index (χ4n) is 4.44. The molecule has 0 spiro atoms. The number of anilines is 2. The van der Waals surface area contributed by atoms with E-state index >= 15 is 0 Å². The van der Waals surface area contributed by atoms with E-state index in [2.05, 4.69) is 39.1 Å². The Morgan fingerprint density at radius 3 is 1.94 bits per heavy atom. The van der Waals surface area contributed by atoms with E-state index in [-0.39, 0.29) is 36.5 Å². The molecule has 10 nitrogen and oxygen atoms in total. The van der Waals surface area contributed by atoms with E-state index in [0.717, 1.165) is 0 Å². The zero-order valence-electron chi connectivity index (χ0n) is 19.1. The molecule has 2 aromatic carbocycles. The molecule has 3 aromatic rings. The maximum atomic E-state index is 12.0. The predicted molar refractivity (Wildman–Crippen MR) is 131 cm³/mol. The number of benzene rings is 2. The van der Waals surface area contributed by atoms with Gasteiger partial charge in [0.05, 0.1) is 23.1 Å². The Hall–Kier alpha value is -4.54. The van der Waals surface area contributed by atoms with Crippen molar-refractivity contribution in [1.82, 2.24) is 14.9 Å². The molecule has 0 aliphatic carbocycles. The second-order valence-corrected chi connectivity index (χ2v) is 8.05. The van der Waals surface area contributed by atoms with Crippen LogP contribution in [-0.2, 0) is 0 Å². The molecule has 10 heteroatoms. The van der Waals surface area contributed by atoms with E-state index in [0.29, 0.717) is 26.2 Å². The van der Waals surface area contributed by atoms with Crippen LogP contribution in [0, 0.1) is 32.8 Å². The average Bonchev–Trinajstić information content (AvgIpc) is 2.90. The Kier molecular flexibility index (Phi) is 7.46. The van der Waals surface area contributed by atoms with Crippen LogP contribution in [0.15, 0.2) is 67.0 Å². The maximum Gasteiger partial charge on any atom is 0.353 e. The lowest BCUT2D eigenvalue weighted by Gasteiger charge is -2.40. The molecule has 0 atom stereocenters. The molecular formula is C25H24N8O2. The van der Waals surface area contributed by atoms with Crippen LogP contribution in [0.4, 0.5) is 17.3 Å². The standard InChI is InChI=1S/C25H24N8O2/c26-11-13-31(14-12-27)24-23(33(34)35)25(29-19-28-24)32-17-15-30(16-18-32)22(20-7-3-1-4-8-20)21-9-5-2-6-10-21/h1-10,19,22H,13-18H2. The Labute approximate surface area is 203 Å². The van der Waals surface area contributed by atoms with Gasteiger partial charge in [0.1, 0.15) is 19.4 Å². The van der Waals surface area contributed by atoms with Gasteiger partial charge < -0.3 is 9.80 Å². The quantitative estimate of drug-likeness (QED) is 0.278. The van der Waals surface area contributed by atoms with E-state index in [1.54, 1.807) is 0 Å². The van der Waals surface area contributed by atoms with E-state index in [4.69, 9.17) is 10.5 Å². The minimum Gasteiger partial charge on any atom is -0.348 e. The highest BCUT2D eigenvalue weighted by Crippen LogP contribution is 2.36. The van der Waals surface area contributed by atoms with Gasteiger partial charge in [-0.05, 0) is 11.1 Å².